The molecule has 4 rings (SSSR count). The maximum absolute atomic E-state index is 12.6. The maximum atomic E-state index is 12.6. The van der Waals surface area contributed by atoms with E-state index in [4.69, 9.17) is 8.60 Å². The van der Waals surface area contributed by atoms with Crippen LogP contribution in [0.2, 0.25) is 0 Å². The molecule has 26 heavy (non-hydrogen) atoms. The summed E-state index contributed by atoms with van der Waals surface area (Å²) in [6.45, 7) is 1.89. The van der Waals surface area contributed by atoms with Crippen molar-refractivity contribution in [3.63, 3.8) is 0 Å². The normalized spacial score (nSPS) is 11.6. The smallest absolute Gasteiger partial charge is 0.339 e. The van der Waals surface area contributed by atoms with E-state index in [0.29, 0.717) is 22.6 Å². The molecule has 4 aromatic rings. The minimum Gasteiger partial charge on any atom is -0.436 e. The number of fused-ring (bicyclic) bond motifs is 1. The third kappa shape index (κ3) is 3.07. The molecule has 0 fully saturated rings. The first-order chi connectivity index (χ1) is 12.5. The van der Waals surface area contributed by atoms with Gasteiger partial charge in [0, 0.05) is 0 Å². The zero-order valence-electron chi connectivity index (χ0n) is 13.9. The van der Waals surface area contributed by atoms with Crippen molar-refractivity contribution in [3.05, 3.63) is 78.4 Å². The molecule has 0 saturated heterocycles. The number of oxazole rings is 1. The van der Waals surface area contributed by atoms with Crippen molar-refractivity contribution in [2.24, 2.45) is 0 Å². The average molecular weight is 365 g/mol. The van der Waals surface area contributed by atoms with Gasteiger partial charge in [0.2, 0.25) is 5.89 Å². The second-order valence-electron chi connectivity index (χ2n) is 5.83. The number of aryl methyl sites for hydroxylation is 1. The fraction of sp³-hybridized carbons (Fsp3) is 0.0500. The Kier molecular flexibility index (Phi) is 3.97. The van der Waals surface area contributed by atoms with Crippen molar-refractivity contribution in [1.82, 2.24) is 4.98 Å². The van der Waals surface area contributed by atoms with Crippen molar-refractivity contribution >= 4 is 21.2 Å². The van der Waals surface area contributed by atoms with E-state index in [1.807, 2.05) is 25.1 Å². The van der Waals surface area contributed by atoms with Crippen LogP contribution in [0.15, 0.2) is 82.1 Å². The minimum atomic E-state index is -3.96. The van der Waals surface area contributed by atoms with Crippen molar-refractivity contribution in [2.75, 3.05) is 0 Å². The number of benzene rings is 3. The van der Waals surface area contributed by atoms with Gasteiger partial charge in [-0.1, -0.05) is 42.0 Å². The molecule has 0 aliphatic carbocycles. The highest BCUT2D eigenvalue weighted by atomic mass is 32.2. The van der Waals surface area contributed by atoms with Gasteiger partial charge in [-0.05, 0) is 43.3 Å². The summed E-state index contributed by atoms with van der Waals surface area (Å²) >= 11 is 0. The first-order valence-corrected chi connectivity index (χ1v) is 9.40. The summed E-state index contributed by atoms with van der Waals surface area (Å²) < 4.78 is 36.3. The lowest BCUT2D eigenvalue weighted by atomic mass is 10.2. The van der Waals surface area contributed by atoms with Crippen molar-refractivity contribution in [3.8, 4) is 17.2 Å². The zero-order chi connectivity index (χ0) is 18.1. The monoisotopic (exact) mass is 365 g/mol. The molecule has 0 unspecified atom stereocenters. The van der Waals surface area contributed by atoms with Crippen molar-refractivity contribution < 1.29 is 17.0 Å². The fourth-order valence-electron chi connectivity index (χ4n) is 2.57. The highest BCUT2D eigenvalue weighted by Crippen LogP contribution is 2.33. The molecule has 0 aliphatic heterocycles. The van der Waals surface area contributed by atoms with Gasteiger partial charge in [0.1, 0.15) is 10.4 Å². The van der Waals surface area contributed by atoms with Crippen LogP contribution in [-0.2, 0) is 10.1 Å². The Morgan fingerprint density at radius 3 is 2.35 bits per heavy atom. The second kappa shape index (κ2) is 6.31. The Bertz CT molecular complexity index is 1140. The molecule has 6 heteroatoms. The van der Waals surface area contributed by atoms with Gasteiger partial charge < -0.3 is 8.60 Å². The van der Waals surface area contributed by atoms with E-state index in [1.54, 1.807) is 42.5 Å². The first-order valence-electron chi connectivity index (χ1n) is 7.99. The SMILES string of the molecule is Cc1ccc(S(=O)(=O)Oc2ccccc2-c2nc3ccccc3o2)cc1. The topological polar surface area (TPSA) is 69.4 Å². The van der Waals surface area contributed by atoms with Crippen LogP contribution >= 0.6 is 0 Å². The van der Waals surface area contributed by atoms with Crippen LogP contribution in [0.5, 0.6) is 5.75 Å². The summed E-state index contributed by atoms with van der Waals surface area (Å²) in [5.41, 5.74) is 2.76. The predicted octanol–water partition coefficient (Wildman–Crippen LogP) is 4.57. The van der Waals surface area contributed by atoms with Gasteiger partial charge in [-0.25, -0.2) is 4.98 Å². The molecule has 0 saturated carbocycles. The number of nitrogens with zero attached hydrogens (tertiary/aromatic N) is 1. The molecule has 1 aromatic heterocycles. The standard InChI is InChI=1S/C20H15NO4S/c1-14-10-12-15(13-11-14)26(22,23)25-18-8-4-2-6-16(18)20-21-17-7-3-5-9-19(17)24-20/h2-13H,1H3. The van der Waals surface area contributed by atoms with Crippen LogP contribution in [-0.4, -0.2) is 13.4 Å². The Balaban J connectivity index is 1.75. The van der Waals surface area contributed by atoms with Crippen LogP contribution in [0.25, 0.3) is 22.6 Å². The Morgan fingerprint density at radius 2 is 1.58 bits per heavy atom. The van der Waals surface area contributed by atoms with E-state index in [2.05, 4.69) is 4.98 Å². The van der Waals surface area contributed by atoms with Gasteiger partial charge in [-0.3, -0.25) is 0 Å². The Hall–Kier alpha value is -3.12. The van der Waals surface area contributed by atoms with Gasteiger partial charge >= 0.3 is 10.1 Å². The van der Waals surface area contributed by atoms with Gasteiger partial charge in [0.05, 0.1) is 5.56 Å². The van der Waals surface area contributed by atoms with E-state index < -0.39 is 10.1 Å². The first kappa shape index (κ1) is 16.4. The lowest BCUT2D eigenvalue weighted by molar-refractivity contribution is 0.485. The van der Waals surface area contributed by atoms with E-state index in [9.17, 15) is 8.42 Å². The van der Waals surface area contributed by atoms with Gasteiger partial charge in [0.15, 0.2) is 11.3 Å². The largest absolute Gasteiger partial charge is 0.436 e. The van der Waals surface area contributed by atoms with E-state index in [-0.39, 0.29) is 10.6 Å². The lowest BCUT2D eigenvalue weighted by Gasteiger charge is -2.09. The van der Waals surface area contributed by atoms with E-state index >= 15 is 0 Å². The van der Waals surface area contributed by atoms with Crippen LogP contribution in [0.1, 0.15) is 5.56 Å². The second-order valence-corrected chi connectivity index (χ2v) is 7.38. The quantitative estimate of drug-likeness (QED) is 0.496. The fourth-order valence-corrected chi connectivity index (χ4v) is 3.52. The molecule has 0 radical (unpaired) electrons. The highest BCUT2D eigenvalue weighted by Gasteiger charge is 2.20. The van der Waals surface area contributed by atoms with Crippen LogP contribution < -0.4 is 4.18 Å². The predicted molar refractivity (Wildman–Crippen MR) is 98.4 cm³/mol. The lowest BCUT2D eigenvalue weighted by Crippen LogP contribution is -2.10. The molecule has 0 atom stereocenters. The number of aromatic nitrogens is 1. The molecule has 0 bridgehead atoms. The third-order valence-electron chi connectivity index (χ3n) is 3.92. The molecular formula is C20H15NO4S. The van der Waals surface area contributed by atoms with Gasteiger partial charge in [0.25, 0.3) is 0 Å². The molecule has 0 N–H and O–H groups in total. The maximum Gasteiger partial charge on any atom is 0.339 e. The van der Waals surface area contributed by atoms with Crippen LogP contribution in [0, 0.1) is 6.92 Å². The Morgan fingerprint density at radius 1 is 0.885 bits per heavy atom. The van der Waals surface area contributed by atoms with Crippen molar-refractivity contribution in [2.45, 2.75) is 11.8 Å². The molecule has 5 nitrogen and oxygen atoms in total. The van der Waals surface area contributed by atoms with Crippen LogP contribution in [0.3, 0.4) is 0 Å². The third-order valence-corrected chi connectivity index (χ3v) is 5.17. The van der Waals surface area contributed by atoms with Crippen molar-refractivity contribution in [1.29, 1.82) is 0 Å². The number of hydrogen-bond donors (Lipinski definition) is 0. The van der Waals surface area contributed by atoms with Gasteiger partial charge in [-0.2, -0.15) is 8.42 Å². The summed E-state index contributed by atoms with van der Waals surface area (Å²) in [7, 11) is -3.96. The number of hydrogen-bond acceptors (Lipinski definition) is 5. The highest BCUT2D eigenvalue weighted by molar-refractivity contribution is 7.87. The molecule has 3 aromatic carbocycles. The summed E-state index contributed by atoms with van der Waals surface area (Å²) in [6, 6.07) is 20.6. The molecular weight excluding hydrogens is 350 g/mol. The summed E-state index contributed by atoms with van der Waals surface area (Å²) in [5, 5.41) is 0. The molecule has 1 heterocycles. The van der Waals surface area contributed by atoms with Gasteiger partial charge in [-0.15, -0.1) is 0 Å². The number of rotatable bonds is 4. The van der Waals surface area contributed by atoms with E-state index in [0.717, 1.165) is 5.56 Å². The Labute approximate surface area is 151 Å². The summed E-state index contributed by atoms with van der Waals surface area (Å²) in [4.78, 5) is 4.51. The minimum absolute atomic E-state index is 0.0930. The number of para-hydroxylation sites is 3. The molecule has 130 valence electrons. The summed E-state index contributed by atoms with van der Waals surface area (Å²) in [5.74, 6) is 0.473. The average Bonchev–Trinajstić information content (AvgIpc) is 3.06. The van der Waals surface area contributed by atoms with Crippen LogP contribution in [0.4, 0.5) is 0 Å². The molecule has 0 aliphatic rings. The van der Waals surface area contributed by atoms with E-state index in [1.165, 1.54) is 12.1 Å². The molecule has 0 amide bonds. The molecule has 0 spiro atoms. The zero-order valence-corrected chi connectivity index (χ0v) is 14.7. The summed E-state index contributed by atoms with van der Waals surface area (Å²) in [6.07, 6.45) is 0.